The first-order valence-electron chi connectivity index (χ1n) is 6.48. The van der Waals surface area contributed by atoms with Crippen LogP contribution in [-0.2, 0) is 9.47 Å². The van der Waals surface area contributed by atoms with Crippen molar-refractivity contribution in [3.63, 3.8) is 0 Å². The normalized spacial score (nSPS) is 23.8. The number of likely N-dealkylation sites (N-methyl/N-ethyl adjacent to an activating group) is 1. The molecule has 0 amide bonds. The molecule has 8 heteroatoms. The summed E-state index contributed by atoms with van der Waals surface area (Å²) in [6.45, 7) is 6.23. The molecule has 1 aliphatic rings. The molecule has 1 aliphatic heterocycles. The maximum atomic E-state index is 11.8. The number of hydrogen-bond acceptors (Lipinski definition) is 5. The molecular weight excluding hydrogens is 275 g/mol. The Bertz CT molecular complexity index is 326. The highest BCUT2D eigenvalue weighted by atomic mass is 19.4. The fourth-order valence-corrected chi connectivity index (χ4v) is 1.81. The molecule has 3 unspecified atom stereocenters. The third kappa shape index (κ3) is 6.56. The van der Waals surface area contributed by atoms with E-state index in [2.05, 4.69) is 16.6 Å². The largest absolute Gasteiger partial charge is 0.522 e. The first kappa shape index (κ1) is 17.2. The van der Waals surface area contributed by atoms with E-state index in [4.69, 9.17) is 10.5 Å². The van der Waals surface area contributed by atoms with Crippen LogP contribution in [0.5, 0.6) is 0 Å². The Balaban J connectivity index is 2.23. The number of nitrogens with two attached hydrogens (primary N) is 1. The number of nitrogens with one attached hydrogen (secondary N) is 1. The first-order valence-corrected chi connectivity index (χ1v) is 6.48. The van der Waals surface area contributed by atoms with Crippen molar-refractivity contribution in [1.29, 1.82) is 0 Å². The summed E-state index contributed by atoms with van der Waals surface area (Å²) < 4.78 is 44.4. The van der Waals surface area contributed by atoms with Crippen LogP contribution >= 0.6 is 0 Å². The summed E-state index contributed by atoms with van der Waals surface area (Å²) in [4.78, 5) is 1.77. The highest BCUT2D eigenvalue weighted by Crippen LogP contribution is 2.22. The predicted molar refractivity (Wildman–Crippen MR) is 68.7 cm³/mol. The number of rotatable bonds is 9. The van der Waals surface area contributed by atoms with Gasteiger partial charge in [0, 0.05) is 24.8 Å². The smallest absolute Gasteiger partial charge is 0.383 e. The average Bonchev–Trinajstić information content (AvgIpc) is 3.03. The van der Waals surface area contributed by atoms with Gasteiger partial charge in [-0.05, 0) is 13.5 Å². The van der Waals surface area contributed by atoms with Gasteiger partial charge in [0.15, 0.2) is 0 Å². The Morgan fingerprint density at radius 2 is 2.15 bits per heavy atom. The van der Waals surface area contributed by atoms with Crippen LogP contribution in [0.25, 0.3) is 0 Å². The molecule has 0 aromatic heterocycles. The topological polar surface area (TPSA) is 63.0 Å². The third-order valence-corrected chi connectivity index (χ3v) is 3.02. The highest BCUT2D eigenvalue weighted by Gasteiger charge is 2.38. The zero-order valence-electron chi connectivity index (χ0n) is 11.7. The van der Waals surface area contributed by atoms with Gasteiger partial charge in [0.1, 0.15) is 12.3 Å². The Morgan fingerprint density at radius 3 is 2.60 bits per heavy atom. The molecule has 118 valence electrons. The second kappa shape index (κ2) is 7.26. The van der Waals surface area contributed by atoms with Gasteiger partial charge < -0.3 is 20.7 Å². The number of ether oxygens (including phenoxy) is 2. The quantitative estimate of drug-likeness (QED) is 0.622. The Labute approximate surface area is 116 Å². The molecule has 1 fully saturated rings. The number of hydrogen-bond donors (Lipinski definition) is 2. The van der Waals surface area contributed by atoms with Crippen LogP contribution in [0.1, 0.15) is 13.3 Å². The van der Waals surface area contributed by atoms with E-state index in [1.165, 1.54) is 0 Å². The van der Waals surface area contributed by atoms with Crippen molar-refractivity contribution >= 4 is 0 Å². The summed E-state index contributed by atoms with van der Waals surface area (Å²) in [7, 11) is 1.74. The zero-order valence-corrected chi connectivity index (χ0v) is 11.7. The molecular formula is C12H22F3N3O2. The van der Waals surface area contributed by atoms with Crippen LogP contribution in [0.15, 0.2) is 12.3 Å². The maximum absolute atomic E-state index is 11.8. The van der Waals surface area contributed by atoms with Crippen LogP contribution in [-0.4, -0.2) is 56.4 Å². The van der Waals surface area contributed by atoms with E-state index >= 15 is 0 Å². The number of epoxide rings is 1. The Kier molecular flexibility index (Phi) is 6.25. The molecule has 0 aromatic carbocycles. The van der Waals surface area contributed by atoms with E-state index in [9.17, 15) is 13.2 Å². The molecule has 1 heterocycles. The van der Waals surface area contributed by atoms with Crippen molar-refractivity contribution in [1.82, 2.24) is 10.2 Å². The molecule has 3 N–H and O–H groups in total. The zero-order chi connectivity index (χ0) is 15.3. The molecule has 5 nitrogen and oxygen atoms in total. The van der Waals surface area contributed by atoms with Crippen molar-refractivity contribution in [3.05, 3.63) is 12.3 Å². The lowest BCUT2D eigenvalue weighted by atomic mass is 10.2. The van der Waals surface area contributed by atoms with Crippen molar-refractivity contribution < 1.29 is 22.6 Å². The lowest BCUT2D eigenvalue weighted by Gasteiger charge is -2.25. The van der Waals surface area contributed by atoms with Crippen molar-refractivity contribution in [2.24, 2.45) is 5.73 Å². The fraction of sp³-hybridized carbons (Fsp3) is 0.833. The van der Waals surface area contributed by atoms with E-state index in [1.54, 1.807) is 11.9 Å². The van der Waals surface area contributed by atoms with Crippen LogP contribution in [0.2, 0.25) is 0 Å². The monoisotopic (exact) mass is 297 g/mol. The Morgan fingerprint density at radius 1 is 1.55 bits per heavy atom. The second-order valence-electron chi connectivity index (χ2n) is 4.85. The van der Waals surface area contributed by atoms with Gasteiger partial charge in [-0.1, -0.05) is 13.5 Å². The molecule has 1 saturated heterocycles. The van der Waals surface area contributed by atoms with Crippen LogP contribution in [0.3, 0.4) is 0 Å². The van der Waals surface area contributed by atoms with Gasteiger partial charge in [0.2, 0.25) is 0 Å². The van der Waals surface area contributed by atoms with E-state index in [0.29, 0.717) is 12.2 Å². The summed E-state index contributed by atoms with van der Waals surface area (Å²) in [6.07, 6.45) is -4.23. The number of halogens is 3. The first-order chi connectivity index (χ1) is 9.23. The van der Waals surface area contributed by atoms with Gasteiger partial charge >= 0.3 is 6.36 Å². The fourth-order valence-electron chi connectivity index (χ4n) is 1.81. The summed E-state index contributed by atoms with van der Waals surface area (Å²) >= 11 is 0. The molecule has 3 atom stereocenters. The van der Waals surface area contributed by atoms with E-state index < -0.39 is 6.36 Å². The van der Waals surface area contributed by atoms with Gasteiger partial charge in [-0.2, -0.15) is 0 Å². The average molecular weight is 297 g/mol. The molecule has 0 saturated carbocycles. The summed E-state index contributed by atoms with van der Waals surface area (Å²) in [5.41, 5.74) is 6.25. The minimum Gasteiger partial charge on any atom is -0.383 e. The summed E-state index contributed by atoms with van der Waals surface area (Å²) in [6, 6.07) is 0.0785. The van der Waals surface area contributed by atoms with Crippen molar-refractivity contribution in [2.75, 3.05) is 26.7 Å². The van der Waals surface area contributed by atoms with Gasteiger partial charge in [0.25, 0.3) is 0 Å². The molecule has 0 radical (unpaired) electrons. The molecule has 20 heavy (non-hydrogen) atoms. The SMILES string of the molecule is C=C(NC(CC)CN(C)CCOC(F)(F)F)C1OC1N. The third-order valence-electron chi connectivity index (χ3n) is 3.02. The van der Waals surface area contributed by atoms with Gasteiger partial charge in [0.05, 0.1) is 6.61 Å². The van der Waals surface area contributed by atoms with Gasteiger partial charge in [-0.3, -0.25) is 4.74 Å². The molecule has 0 spiro atoms. The molecule has 1 rings (SSSR count). The van der Waals surface area contributed by atoms with Gasteiger partial charge in [-0.15, -0.1) is 13.2 Å². The van der Waals surface area contributed by atoms with Crippen molar-refractivity contribution in [2.45, 2.75) is 38.1 Å². The van der Waals surface area contributed by atoms with Crippen molar-refractivity contribution in [3.8, 4) is 0 Å². The van der Waals surface area contributed by atoms with Gasteiger partial charge in [-0.25, -0.2) is 0 Å². The summed E-state index contributed by atoms with van der Waals surface area (Å²) in [5, 5.41) is 3.19. The predicted octanol–water partition coefficient (Wildman–Crippen LogP) is 1.02. The van der Waals surface area contributed by atoms with Crippen LogP contribution in [0, 0.1) is 0 Å². The van der Waals surface area contributed by atoms with E-state index in [-0.39, 0.29) is 31.5 Å². The van der Waals surface area contributed by atoms with Crippen LogP contribution < -0.4 is 11.1 Å². The molecule has 0 aliphatic carbocycles. The highest BCUT2D eigenvalue weighted by molar-refractivity contribution is 5.10. The summed E-state index contributed by atoms with van der Waals surface area (Å²) in [5.74, 6) is 0. The molecule has 0 bridgehead atoms. The second-order valence-corrected chi connectivity index (χ2v) is 4.85. The van der Waals surface area contributed by atoms with Crippen LogP contribution in [0.4, 0.5) is 13.2 Å². The van der Waals surface area contributed by atoms with E-state index in [1.807, 2.05) is 6.92 Å². The lowest BCUT2D eigenvalue weighted by molar-refractivity contribution is -0.324. The molecule has 0 aromatic rings. The maximum Gasteiger partial charge on any atom is 0.522 e. The minimum atomic E-state index is -4.57. The standard InChI is InChI=1S/C12H22F3N3O2/c1-4-9(17-8(2)10-11(16)20-10)7-18(3)5-6-19-12(13,14)15/h9-11,17H,2,4-7,16H2,1,3H3. The van der Waals surface area contributed by atoms with E-state index in [0.717, 1.165) is 6.42 Å². The number of alkyl halides is 3. The Hall–Kier alpha value is -0.830. The lowest BCUT2D eigenvalue weighted by Crippen LogP contribution is -2.41. The minimum absolute atomic E-state index is 0.0785. The number of nitrogens with zero attached hydrogens (tertiary/aromatic N) is 1.